The third-order valence-corrected chi connectivity index (χ3v) is 3.77. The lowest BCUT2D eigenvalue weighted by atomic mass is 9.92. The molecule has 0 amide bonds. The molecule has 0 spiro atoms. The molecule has 124 valence electrons. The summed E-state index contributed by atoms with van der Waals surface area (Å²) in [4.78, 5) is 18.5. The van der Waals surface area contributed by atoms with Crippen LogP contribution in [0.2, 0.25) is 0 Å². The van der Waals surface area contributed by atoms with Gasteiger partial charge < -0.3 is 5.73 Å². The van der Waals surface area contributed by atoms with Crippen LogP contribution in [0.3, 0.4) is 0 Å². The highest BCUT2D eigenvalue weighted by atomic mass is 16.6. The average molecular weight is 342 g/mol. The van der Waals surface area contributed by atoms with Gasteiger partial charge in [0.15, 0.2) is 0 Å². The average Bonchev–Trinajstić information content (AvgIpc) is 2.67. The number of non-ortho nitro benzene ring substituents is 1. The third kappa shape index (κ3) is 2.79. The van der Waals surface area contributed by atoms with Crippen LogP contribution in [0.4, 0.5) is 11.5 Å². The third-order valence-electron chi connectivity index (χ3n) is 3.77. The molecule has 0 unspecified atom stereocenters. The number of hydrogen-bond acceptors (Lipinski definition) is 7. The topological polar surface area (TPSA) is 143 Å². The van der Waals surface area contributed by atoms with E-state index in [4.69, 9.17) is 5.73 Å². The van der Waals surface area contributed by atoms with Gasteiger partial charge in [-0.3, -0.25) is 15.1 Å². The Bertz CT molecular complexity index is 1080. The number of hydrogen-bond donors (Lipinski definition) is 1. The molecule has 8 heteroatoms. The predicted molar refractivity (Wildman–Crippen MR) is 93.4 cm³/mol. The van der Waals surface area contributed by atoms with Gasteiger partial charge in [-0.2, -0.15) is 10.5 Å². The first-order valence-corrected chi connectivity index (χ1v) is 7.35. The van der Waals surface area contributed by atoms with Crippen molar-refractivity contribution in [3.05, 3.63) is 70.0 Å². The molecular formula is C18H10N6O2. The van der Waals surface area contributed by atoms with Crippen LogP contribution in [0.15, 0.2) is 48.8 Å². The number of nitrogen functional groups attached to an aromatic ring is 1. The number of nitriles is 2. The molecular weight excluding hydrogens is 332 g/mol. The molecule has 2 heterocycles. The van der Waals surface area contributed by atoms with Crippen LogP contribution >= 0.6 is 0 Å². The molecule has 0 bridgehead atoms. The van der Waals surface area contributed by atoms with Crippen molar-refractivity contribution in [1.82, 2.24) is 9.97 Å². The summed E-state index contributed by atoms with van der Waals surface area (Å²) in [6.07, 6.45) is 3.11. The summed E-state index contributed by atoms with van der Waals surface area (Å²) in [5.74, 6) is -0.0216. The minimum atomic E-state index is -0.524. The van der Waals surface area contributed by atoms with Gasteiger partial charge in [0.05, 0.1) is 16.2 Å². The van der Waals surface area contributed by atoms with Crippen molar-refractivity contribution in [2.45, 2.75) is 0 Å². The van der Waals surface area contributed by atoms with Gasteiger partial charge in [-0.05, 0) is 29.8 Å². The lowest BCUT2D eigenvalue weighted by Gasteiger charge is -2.13. The van der Waals surface area contributed by atoms with Gasteiger partial charge in [-0.25, -0.2) is 4.98 Å². The Hall–Kier alpha value is -4.30. The maximum atomic E-state index is 10.9. The van der Waals surface area contributed by atoms with Crippen molar-refractivity contribution in [2.75, 3.05) is 5.73 Å². The Labute approximate surface area is 147 Å². The first-order chi connectivity index (χ1) is 12.6. The van der Waals surface area contributed by atoms with E-state index in [1.165, 1.54) is 24.3 Å². The highest BCUT2D eigenvalue weighted by Crippen LogP contribution is 2.36. The fourth-order valence-electron chi connectivity index (χ4n) is 2.58. The van der Waals surface area contributed by atoms with Gasteiger partial charge in [0.25, 0.3) is 5.69 Å². The van der Waals surface area contributed by atoms with Crippen LogP contribution in [0.1, 0.15) is 11.1 Å². The molecule has 0 saturated carbocycles. The van der Waals surface area contributed by atoms with E-state index in [9.17, 15) is 20.6 Å². The van der Waals surface area contributed by atoms with E-state index in [1.54, 1.807) is 24.5 Å². The quantitative estimate of drug-likeness (QED) is 0.569. The molecule has 0 radical (unpaired) electrons. The zero-order valence-corrected chi connectivity index (χ0v) is 13.2. The predicted octanol–water partition coefficient (Wildman–Crippen LogP) is 3.04. The molecule has 8 nitrogen and oxygen atoms in total. The number of nitro benzene ring substituents is 1. The van der Waals surface area contributed by atoms with E-state index >= 15 is 0 Å². The molecule has 0 atom stereocenters. The number of nitro groups is 1. The van der Waals surface area contributed by atoms with E-state index in [0.29, 0.717) is 22.4 Å². The summed E-state index contributed by atoms with van der Waals surface area (Å²) in [5, 5.41) is 30.1. The van der Waals surface area contributed by atoms with Crippen molar-refractivity contribution in [2.24, 2.45) is 0 Å². The smallest absolute Gasteiger partial charge is 0.269 e. The largest absolute Gasteiger partial charge is 0.383 e. The number of pyridine rings is 2. The van der Waals surface area contributed by atoms with Gasteiger partial charge in [-0.1, -0.05) is 0 Å². The molecule has 2 N–H and O–H groups in total. The number of nitrogens with two attached hydrogens (primary N) is 1. The fourth-order valence-corrected chi connectivity index (χ4v) is 2.58. The number of aromatic nitrogens is 2. The van der Waals surface area contributed by atoms with Crippen molar-refractivity contribution < 1.29 is 4.92 Å². The Morgan fingerprint density at radius 1 is 0.962 bits per heavy atom. The summed E-state index contributed by atoms with van der Waals surface area (Å²) in [7, 11) is 0. The van der Waals surface area contributed by atoms with Crippen LogP contribution in [0.25, 0.3) is 22.4 Å². The van der Waals surface area contributed by atoms with Gasteiger partial charge in [0.2, 0.25) is 0 Å². The molecule has 0 aliphatic heterocycles. The SMILES string of the molecule is N#Cc1c(N)nc(-c2ccncc2)c(C#N)c1-c1ccc([N+](=O)[O-])cc1. The van der Waals surface area contributed by atoms with Crippen molar-refractivity contribution >= 4 is 11.5 Å². The molecule has 0 saturated heterocycles. The molecule has 1 aromatic carbocycles. The summed E-state index contributed by atoms with van der Waals surface area (Å²) in [5.41, 5.74) is 7.76. The first-order valence-electron chi connectivity index (χ1n) is 7.35. The Morgan fingerprint density at radius 3 is 2.12 bits per heavy atom. The second-order valence-corrected chi connectivity index (χ2v) is 5.23. The number of benzene rings is 1. The van der Waals surface area contributed by atoms with Crippen LogP contribution in [-0.2, 0) is 0 Å². The van der Waals surface area contributed by atoms with Crippen LogP contribution in [0.5, 0.6) is 0 Å². The fraction of sp³-hybridized carbons (Fsp3) is 0. The second-order valence-electron chi connectivity index (χ2n) is 5.23. The molecule has 26 heavy (non-hydrogen) atoms. The summed E-state index contributed by atoms with van der Waals surface area (Å²) >= 11 is 0. The molecule has 0 fully saturated rings. The second kappa shape index (κ2) is 6.67. The Kier molecular flexibility index (Phi) is 4.25. The summed E-state index contributed by atoms with van der Waals surface area (Å²) in [6, 6.07) is 13.0. The van der Waals surface area contributed by atoms with Gasteiger partial charge in [0, 0.05) is 35.7 Å². The van der Waals surface area contributed by atoms with Crippen molar-refractivity contribution in [3.8, 4) is 34.5 Å². The number of nitrogens with zero attached hydrogens (tertiary/aromatic N) is 5. The lowest BCUT2D eigenvalue weighted by Crippen LogP contribution is -2.04. The maximum Gasteiger partial charge on any atom is 0.269 e. The van der Waals surface area contributed by atoms with Gasteiger partial charge >= 0.3 is 0 Å². The standard InChI is InChI=1S/C18H10N6O2/c19-9-14-16(11-1-3-13(4-2-11)24(25)26)15(10-20)18(21)23-17(14)12-5-7-22-8-6-12/h1-8H,(H2,21,23). The monoisotopic (exact) mass is 342 g/mol. The Balaban J connectivity index is 2.33. The molecule has 0 aliphatic carbocycles. The minimum absolute atomic E-state index is 0.0216. The normalized spacial score (nSPS) is 9.92. The summed E-state index contributed by atoms with van der Waals surface area (Å²) < 4.78 is 0. The molecule has 2 aromatic heterocycles. The van der Waals surface area contributed by atoms with E-state index in [-0.39, 0.29) is 22.6 Å². The van der Waals surface area contributed by atoms with Crippen LogP contribution in [0, 0.1) is 32.8 Å². The van der Waals surface area contributed by atoms with Gasteiger partial charge in [-0.15, -0.1) is 0 Å². The van der Waals surface area contributed by atoms with E-state index in [2.05, 4.69) is 16.0 Å². The van der Waals surface area contributed by atoms with Crippen molar-refractivity contribution in [3.63, 3.8) is 0 Å². The zero-order valence-electron chi connectivity index (χ0n) is 13.2. The van der Waals surface area contributed by atoms with Gasteiger partial charge in [0.1, 0.15) is 23.5 Å². The van der Waals surface area contributed by atoms with E-state index in [0.717, 1.165) is 0 Å². The van der Waals surface area contributed by atoms with Crippen LogP contribution in [-0.4, -0.2) is 14.9 Å². The van der Waals surface area contributed by atoms with E-state index in [1.807, 2.05) is 6.07 Å². The molecule has 3 rings (SSSR count). The van der Waals surface area contributed by atoms with E-state index < -0.39 is 4.92 Å². The number of anilines is 1. The summed E-state index contributed by atoms with van der Waals surface area (Å²) in [6.45, 7) is 0. The highest BCUT2D eigenvalue weighted by Gasteiger charge is 2.21. The first kappa shape index (κ1) is 16.6. The zero-order chi connectivity index (χ0) is 18.7. The highest BCUT2D eigenvalue weighted by molar-refractivity contribution is 5.87. The molecule has 3 aromatic rings. The lowest BCUT2D eigenvalue weighted by molar-refractivity contribution is -0.384. The van der Waals surface area contributed by atoms with Crippen molar-refractivity contribution in [1.29, 1.82) is 10.5 Å². The minimum Gasteiger partial charge on any atom is -0.383 e. The Morgan fingerprint density at radius 2 is 1.58 bits per heavy atom. The number of rotatable bonds is 3. The van der Waals surface area contributed by atoms with Crippen LogP contribution < -0.4 is 5.73 Å². The maximum absolute atomic E-state index is 10.9. The molecule has 0 aliphatic rings.